The fraction of sp³-hybridized carbons (Fsp3) is 0.733. The first-order valence-corrected chi connectivity index (χ1v) is 7.30. The molecule has 1 aliphatic rings. The fourth-order valence-electron chi connectivity index (χ4n) is 2.39. The fourth-order valence-corrected chi connectivity index (χ4v) is 2.39. The second-order valence-electron chi connectivity index (χ2n) is 6.57. The molecule has 0 radical (unpaired) electrons. The second-order valence-corrected chi connectivity index (χ2v) is 6.57. The Morgan fingerprint density at radius 1 is 1.45 bits per heavy atom. The maximum absolute atomic E-state index is 12.4. The molecule has 1 atom stereocenters. The standard InChI is InChI=1S/C15H25N3O2/c1-15(2,3)13(10-18-7-6-16-11-18)17-14(19)12-4-8-20-9-5-12/h6-7,11-13H,4-5,8-10H2,1-3H3,(H,17,19)/t13-/m0/s1. The van der Waals surface area contributed by atoms with Crippen molar-refractivity contribution in [2.75, 3.05) is 13.2 Å². The number of hydrogen-bond donors (Lipinski definition) is 1. The first-order valence-electron chi connectivity index (χ1n) is 7.30. The topological polar surface area (TPSA) is 56.2 Å². The molecule has 1 aromatic heterocycles. The van der Waals surface area contributed by atoms with Gasteiger partial charge in [0.15, 0.2) is 0 Å². The molecule has 0 saturated carbocycles. The van der Waals surface area contributed by atoms with E-state index < -0.39 is 0 Å². The van der Waals surface area contributed by atoms with Crippen molar-refractivity contribution in [1.82, 2.24) is 14.9 Å². The van der Waals surface area contributed by atoms with E-state index in [9.17, 15) is 4.79 Å². The van der Waals surface area contributed by atoms with Gasteiger partial charge in [0.2, 0.25) is 5.91 Å². The summed E-state index contributed by atoms with van der Waals surface area (Å²) in [5, 5.41) is 3.22. The van der Waals surface area contributed by atoms with Crippen LogP contribution >= 0.6 is 0 Å². The quantitative estimate of drug-likeness (QED) is 0.915. The smallest absolute Gasteiger partial charge is 0.223 e. The van der Waals surface area contributed by atoms with E-state index in [1.165, 1.54) is 0 Å². The molecule has 1 fully saturated rings. The number of nitrogens with one attached hydrogen (secondary N) is 1. The zero-order chi connectivity index (χ0) is 14.6. The Labute approximate surface area is 120 Å². The van der Waals surface area contributed by atoms with Crippen LogP contribution in [0, 0.1) is 11.3 Å². The Bertz CT molecular complexity index is 417. The van der Waals surface area contributed by atoms with Crippen molar-refractivity contribution in [3.05, 3.63) is 18.7 Å². The summed E-state index contributed by atoms with van der Waals surface area (Å²) in [6.45, 7) is 8.59. The Kier molecular flexibility index (Phi) is 4.81. The molecular formula is C15H25N3O2. The number of hydrogen-bond acceptors (Lipinski definition) is 3. The number of ether oxygens (including phenoxy) is 1. The first-order chi connectivity index (χ1) is 9.47. The van der Waals surface area contributed by atoms with E-state index in [0.717, 1.165) is 19.4 Å². The van der Waals surface area contributed by atoms with E-state index in [2.05, 4.69) is 31.1 Å². The van der Waals surface area contributed by atoms with E-state index >= 15 is 0 Å². The Balaban J connectivity index is 1.98. The van der Waals surface area contributed by atoms with Crippen LogP contribution in [0.4, 0.5) is 0 Å². The molecule has 112 valence electrons. The van der Waals surface area contributed by atoms with E-state index in [0.29, 0.717) is 13.2 Å². The van der Waals surface area contributed by atoms with Gasteiger partial charge < -0.3 is 14.6 Å². The van der Waals surface area contributed by atoms with Gasteiger partial charge in [-0.3, -0.25) is 4.79 Å². The number of aromatic nitrogens is 2. The van der Waals surface area contributed by atoms with Gasteiger partial charge in [0.1, 0.15) is 0 Å². The third kappa shape index (κ3) is 4.07. The van der Waals surface area contributed by atoms with Gasteiger partial charge in [0.05, 0.1) is 12.4 Å². The minimum absolute atomic E-state index is 0.00506. The average molecular weight is 279 g/mol. The van der Waals surface area contributed by atoms with Crippen LogP contribution in [0.5, 0.6) is 0 Å². The second kappa shape index (κ2) is 6.39. The summed E-state index contributed by atoms with van der Waals surface area (Å²) >= 11 is 0. The number of carbonyl (C=O) groups is 1. The predicted octanol–water partition coefficient (Wildman–Crippen LogP) is 1.84. The van der Waals surface area contributed by atoms with Crippen LogP contribution in [0.1, 0.15) is 33.6 Å². The van der Waals surface area contributed by atoms with Crippen LogP contribution < -0.4 is 5.32 Å². The molecule has 0 aliphatic carbocycles. The number of carbonyl (C=O) groups excluding carboxylic acids is 1. The number of amides is 1. The molecule has 0 aromatic carbocycles. The molecule has 2 heterocycles. The van der Waals surface area contributed by atoms with Gasteiger partial charge in [-0.2, -0.15) is 0 Å². The molecule has 0 spiro atoms. The Hall–Kier alpha value is -1.36. The summed E-state index contributed by atoms with van der Waals surface area (Å²) < 4.78 is 7.33. The van der Waals surface area contributed by atoms with Crippen LogP contribution in [-0.2, 0) is 16.1 Å². The highest BCUT2D eigenvalue weighted by atomic mass is 16.5. The molecule has 1 aliphatic heterocycles. The molecule has 1 N–H and O–H groups in total. The summed E-state index contributed by atoms with van der Waals surface area (Å²) in [6.07, 6.45) is 7.14. The van der Waals surface area contributed by atoms with E-state index in [-0.39, 0.29) is 23.3 Å². The zero-order valence-corrected chi connectivity index (χ0v) is 12.6. The van der Waals surface area contributed by atoms with Gasteiger partial charge in [-0.1, -0.05) is 20.8 Å². The minimum atomic E-state index is 0.00506. The summed E-state index contributed by atoms with van der Waals surface area (Å²) in [5.41, 5.74) is 0.00506. The average Bonchev–Trinajstić information content (AvgIpc) is 2.91. The molecule has 1 saturated heterocycles. The molecule has 20 heavy (non-hydrogen) atoms. The van der Waals surface area contributed by atoms with Crippen molar-refractivity contribution < 1.29 is 9.53 Å². The molecule has 2 rings (SSSR count). The van der Waals surface area contributed by atoms with Crippen molar-refractivity contribution >= 4 is 5.91 Å². The lowest BCUT2D eigenvalue weighted by Gasteiger charge is -2.33. The van der Waals surface area contributed by atoms with E-state index in [4.69, 9.17) is 4.74 Å². The van der Waals surface area contributed by atoms with Gasteiger partial charge in [-0.05, 0) is 18.3 Å². The molecule has 0 bridgehead atoms. The molecular weight excluding hydrogens is 254 g/mol. The van der Waals surface area contributed by atoms with Crippen molar-refractivity contribution in [3.63, 3.8) is 0 Å². The summed E-state index contributed by atoms with van der Waals surface area (Å²) in [7, 11) is 0. The maximum atomic E-state index is 12.4. The summed E-state index contributed by atoms with van der Waals surface area (Å²) in [6, 6.07) is 0.0899. The lowest BCUT2D eigenvalue weighted by atomic mass is 9.85. The summed E-state index contributed by atoms with van der Waals surface area (Å²) in [4.78, 5) is 16.5. The Morgan fingerprint density at radius 3 is 2.70 bits per heavy atom. The van der Waals surface area contributed by atoms with Crippen molar-refractivity contribution in [3.8, 4) is 0 Å². The van der Waals surface area contributed by atoms with Crippen LogP contribution in [0.3, 0.4) is 0 Å². The number of nitrogens with zero attached hydrogens (tertiary/aromatic N) is 2. The van der Waals surface area contributed by atoms with Crippen LogP contribution in [0.15, 0.2) is 18.7 Å². The SMILES string of the molecule is CC(C)(C)[C@H](Cn1ccnc1)NC(=O)C1CCOCC1. The lowest BCUT2D eigenvalue weighted by Crippen LogP contribution is -2.49. The molecule has 0 unspecified atom stereocenters. The van der Waals surface area contributed by atoms with Crippen LogP contribution in [-0.4, -0.2) is 34.7 Å². The largest absolute Gasteiger partial charge is 0.381 e. The Morgan fingerprint density at radius 2 is 2.15 bits per heavy atom. The molecule has 1 aromatic rings. The van der Waals surface area contributed by atoms with Crippen LogP contribution in [0.25, 0.3) is 0 Å². The van der Waals surface area contributed by atoms with Crippen molar-refractivity contribution in [1.29, 1.82) is 0 Å². The monoisotopic (exact) mass is 279 g/mol. The van der Waals surface area contributed by atoms with Crippen molar-refractivity contribution in [2.45, 2.75) is 46.2 Å². The predicted molar refractivity (Wildman–Crippen MR) is 77.2 cm³/mol. The van der Waals surface area contributed by atoms with Gasteiger partial charge in [0, 0.05) is 38.1 Å². The number of rotatable bonds is 4. The lowest BCUT2D eigenvalue weighted by molar-refractivity contribution is -0.129. The summed E-state index contributed by atoms with van der Waals surface area (Å²) in [5.74, 6) is 0.254. The van der Waals surface area contributed by atoms with E-state index in [1.54, 1.807) is 12.5 Å². The van der Waals surface area contributed by atoms with E-state index in [1.807, 2.05) is 10.8 Å². The third-order valence-corrected chi connectivity index (χ3v) is 3.91. The van der Waals surface area contributed by atoms with Gasteiger partial charge >= 0.3 is 0 Å². The molecule has 5 nitrogen and oxygen atoms in total. The van der Waals surface area contributed by atoms with Gasteiger partial charge in [-0.25, -0.2) is 4.98 Å². The highest BCUT2D eigenvalue weighted by Crippen LogP contribution is 2.22. The van der Waals surface area contributed by atoms with Gasteiger partial charge in [0.25, 0.3) is 0 Å². The molecule has 5 heteroatoms. The van der Waals surface area contributed by atoms with Crippen molar-refractivity contribution in [2.24, 2.45) is 11.3 Å². The highest BCUT2D eigenvalue weighted by Gasteiger charge is 2.30. The third-order valence-electron chi connectivity index (χ3n) is 3.91. The number of imidazole rings is 1. The molecule has 1 amide bonds. The maximum Gasteiger partial charge on any atom is 0.223 e. The minimum Gasteiger partial charge on any atom is -0.381 e. The van der Waals surface area contributed by atoms with Gasteiger partial charge in [-0.15, -0.1) is 0 Å². The normalized spacial score (nSPS) is 18.8. The first kappa shape index (κ1) is 15.0. The zero-order valence-electron chi connectivity index (χ0n) is 12.6. The van der Waals surface area contributed by atoms with Crippen LogP contribution in [0.2, 0.25) is 0 Å². The highest BCUT2D eigenvalue weighted by molar-refractivity contribution is 5.79.